The Morgan fingerprint density at radius 3 is 2.48 bits per heavy atom. The first-order valence-electron chi connectivity index (χ1n) is 15.4. The molecule has 2 heterocycles. The molecule has 2 atom stereocenters. The molecule has 2 bridgehead atoms. The van der Waals surface area contributed by atoms with Gasteiger partial charge in [0.15, 0.2) is 17.4 Å². The molecule has 1 saturated carbocycles. The topological polar surface area (TPSA) is 79.9 Å². The van der Waals surface area contributed by atoms with Gasteiger partial charge in [0, 0.05) is 29.2 Å². The SMILES string of the molecule is COC(=O)N1C2CNC[C@@H]1C(C(=O)NC1(Cc3ccccc3Cl)CC1)=C(c1ccc(CCCOc3c(F)ccc(F)c3F)cc1)C2. The number of hydrogen-bond donors (Lipinski definition) is 2. The molecular formula is C35H35ClF3N3O4. The number of benzene rings is 3. The summed E-state index contributed by atoms with van der Waals surface area (Å²) in [5, 5.41) is 7.35. The van der Waals surface area contributed by atoms with Gasteiger partial charge in [-0.15, -0.1) is 0 Å². The summed E-state index contributed by atoms with van der Waals surface area (Å²) in [6.07, 6.45) is 3.28. The fourth-order valence-electron chi connectivity index (χ4n) is 6.51. The van der Waals surface area contributed by atoms with Gasteiger partial charge in [0.25, 0.3) is 0 Å². The van der Waals surface area contributed by atoms with Crippen molar-refractivity contribution in [3.8, 4) is 5.75 Å². The Bertz CT molecular complexity index is 1660. The number of carbonyl (C=O) groups excluding carboxylic acids is 2. The van der Waals surface area contributed by atoms with E-state index in [1.54, 1.807) is 4.90 Å². The van der Waals surface area contributed by atoms with Gasteiger partial charge in [0.1, 0.15) is 0 Å². The second kappa shape index (κ2) is 13.4. The molecule has 46 heavy (non-hydrogen) atoms. The quantitative estimate of drug-likeness (QED) is 0.201. The molecule has 1 saturated heterocycles. The molecule has 11 heteroatoms. The highest BCUT2D eigenvalue weighted by Gasteiger charge is 2.49. The Kier molecular flexibility index (Phi) is 9.29. The van der Waals surface area contributed by atoms with Crippen LogP contribution < -0.4 is 15.4 Å². The van der Waals surface area contributed by atoms with Gasteiger partial charge in [-0.05, 0) is 79.0 Å². The van der Waals surface area contributed by atoms with E-state index >= 15 is 0 Å². The van der Waals surface area contributed by atoms with Crippen molar-refractivity contribution in [3.63, 3.8) is 0 Å². The van der Waals surface area contributed by atoms with Crippen molar-refractivity contribution in [1.29, 1.82) is 0 Å². The molecule has 1 aliphatic carbocycles. The van der Waals surface area contributed by atoms with Crippen molar-refractivity contribution in [1.82, 2.24) is 15.5 Å². The molecule has 0 aromatic heterocycles. The van der Waals surface area contributed by atoms with E-state index in [4.69, 9.17) is 21.1 Å². The van der Waals surface area contributed by atoms with Crippen LogP contribution in [0.3, 0.4) is 0 Å². The molecular weight excluding hydrogens is 619 g/mol. The van der Waals surface area contributed by atoms with Crippen LogP contribution in [0.2, 0.25) is 5.02 Å². The molecule has 2 N–H and O–H groups in total. The maximum Gasteiger partial charge on any atom is 0.410 e. The van der Waals surface area contributed by atoms with E-state index in [9.17, 15) is 22.8 Å². The zero-order chi connectivity index (χ0) is 32.4. The number of halogens is 4. The molecule has 242 valence electrons. The van der Waals surface area contributed by atoms with Crippen LogP contribution in [0, 0.1) is 17.5 Å². The van der Waals surface area contributed by atoms with Crippen molar-refractivity contribution in [3.05, 3.63) is 105 Å². The molecule has 2 amide bonds. The zero-order valence-electron chi connectivity index (χ0n) is 25.4. The number of hydrogen-bond acceptors (Lipinski definition) is 5. The smallest absolute Gasteiger partial charge is 0.410 e. The van der Waals surface area contributed by atoms with Crippen molar-refractivity contribution in [2.24, 2.45) is 0 Å². The Morgan fingerprint density at radius 1 is 1.02 bits per heavy atom. The summed E-state index contributed by atoms with van der Waals surface area (Å²) in [6, 6.07) is 16.3. The van der Waals surface area contributed by atoms with Gasteiger partial charge in [-0.3, -0.25) is 9.69 Å². The van der Waals surface area contributed by atoms with Gasteiger partial charge in [-0.1, -0.05) is 54.1 Å². The van der Waals surface area contributed by atoms with E-state index in [2.05, 4.69) is 10.6 Å². The third kappa shape index (κ3) is 6.59. The molecule has 2 fully saturated rings. The van der Waals surface area contributed by atoms with Crippen LogP contribution in [-0.4, -0.2) is 61.3 Å². The Labute approximate surface area is 270 Å². The molecule has 3 aromatic rings. The normalized spacial score (nSPS) is 19.9. The van der Waals surface area contributed by atoms with E-state index in [0.717, 1.165) is 47.2 Å². The number of ether oxygens (including phenoxy) is 2. The van der Waals surface area contributed by atoms with Crippen LogP contribution in [0.25, 0.3) is 5.57 Å². The predicted molar refractivity (Wildman–Crippen MR) is 168 cm³/mol. The highest BCUT2D eigenvalue weighted by Crippen LogP contribution is 2.42. The number of amides is 2. The minimum absolute atomic E-state index is 0.00415. The second-order valence-corrected chi connectivity index (χ2v) is 12.5. The summed E-state index contributed by atoms with van der Waals surface area (Å²) in [6.45, 7) is 0.995. The Balaban J connectivity index is 1.21. The number of nitrogens with zero attached hydrogens (tertiary/aromatic N) is 1. The molecule has 6 rings (SSSR count). The number of methoxy groups -OCH3 is 1. The van der Waals surface area contributed by atoms with Gasteiger partial charge in [-0.25, -0.2) is 13.6 Å². The first kappa shape index (κ1) is 31.9. The monoisotopic (exact) mass is 653 g/mol. The van der Waals surface area contributed by atoms with Crippen LogP contribution in [0.1, 0.15) is 42.4 Å². The van der Waals surface area contributed by atoms with Crippen LogP contribution >= 0.6 is 11.6 Å². The van der Waals surface area contributed by atoms with E-state index in [1.807, 2.05) is 48.5 Å². The molecule has 1 unspecified atom stereocenters. The van der Waals surface area contributed by atoms with Crippen molar-refractivity contribution < 1.29 is 32.2 Å². The molecule has 0 radical (unpaired) electrons. The fourth-order valence-corrected chi connectivity index (χ4v) is 6.72. The number of piperazine rings is 1. The van der Waals surface area contributed by atoms with Crippen molar-refractivity contribution >= 4 is 29.2 Å². The minimum Gasteiger partial charge on any atom is -0.488 e. The summed E-state index contributed by atoms with van der Waals surface area (Å²) < 4.78 is 51.6. The van der Waals surface area contributed by atoms with E-state index in [-0.39, 0.29) is 18.6 Å². The molecule has 3 aromatic carbocycles. The van der Waals surface area contributed by atoms with E-state index in [0.29, 0.717) is 49.4 Å². The van der Waals surface area contributed by atoms with Crippen LogP contribution in [-0.2, 0) is 22.4 Å². The lowest BCUT2D eigenvalue weighted by Gasteiger charge is -2.47. The molecule has 2 aliphatic heterocycles. The van der Waals surface area contributed by atoms with Crippen LogP contribution in [0.15, 0.2) is 66.2 Å². The standard InChI is InChI=1S/C35H35ClF3N3O4/c1-45-34(44)42-24-17-25(22-10-8-21(9-11-22)5-4-16-46-32-28(38)13-12-27(37)31(32)39)30(29(42)20-40-19-24)33(43)41-35(14-15-35)18-23-6-2-3-7-26(23)36/h2-3,6-13,24,29,40H,4-5,14-20H2,1H3,(H,41,43)/t24?,29-/m1/s1. The second-order valence-electron chi connectivity index (χ2n) is 12.1. The lowest BCUT2D eigenvalue weighted by Crippen LogP contribution is -2.63. The first-order valence-corrected chi connectivity index (χ1v) is 15.8. The highest BCUT2D eigenvalue weighted by molar-refractivity contribution is 6.31. The summed E-state index contributed by atoms with van der Waals surface area (Å²) in [5.74, 6) is -4.39. The number of nitrogens with one attached hydrogen (secondary N) is 2. The average molecular weight is 654 g/mol. The Hall–Kier alpha value is -4.02. The van der Waals surface area contributed by atoms with Crippen LogP contribution in [0.5, 0.6) is 5.75 Å². The lowest BCUT2D eigenvalue weighted by molar-refractivity contribution is -0.119. The minimum atomic E-state index is -1.34. The van der Waals surface area contributed by atoms with Crippen molar-refractivity contribution in [2.45, 2.75) is 56.1 Å². The molecule has 7 nitrogen and oxygen atoms in total. The summed E-state index contributed by atoms with van der Waals surface area (Å²) in [7, 11) is 1.35. The Morgan fingerprint density at radius 2 is 1.76 bits per heavy atom. The molecule has 0 spiro atoms. The number of aryl methyl sites for hydroxylation is 1. The van der Waals surface area contributed by atoms with Gasteiger partial charge in [-0.2, -0.15) is 4.39 Å². The van der Waals surface area contributed by atoms with E-state index in [1.165, 1.54) is 7.11 Å². The summed E-state index contributed by atoms with van der Waals surface area (Å²) in [4.78, 5) is 28.8. The third-order valence-corrected chi connectivity index (χ3v) is 9.42. The fraction of sp³-hybridized carbons (Fsp3) is 0.371. The van der Waals surface area contributed by atoms with Gasteiger partial charge < -0.3 is 20.1 Å². The number of rotatable bonds is 10. The third-order valence-electron chi connectivity index (χ3n) is 9.05. The average Bonchev–Trinajstić information content (AvgIpc) is 3.81. The molecule has 3 aliphatic rings. The maximum absolute atomic E-state index is 14.2. The maximum atomic E-state index is 14.2. The highest BCUT2D eigenvalue weighted by atomic mass is 35.5. The number of fused-ring (bicyclic) bond motifs is 2. The predicted octanol–water partition coefficient (Wildman–Crippen LogP) is 6.23. The van der Waals surface area contributed by atoms with Gasteiger partial charge in [0.2, 0.25) is 11.7 Å². The van der Waals surface area contributed by atoms with Gasteiger partial charge in [0.05, 0.1) is 25.8 Å². The summed E-state index contributed by atoms with van der Waals surface area (Å²) >= 11 is 6.45. The first-order chi connectivity index (χ1) is 22.2. The van der Waals surface area contributed by atoms with Crippen LogP contribution in [0.4, 0.5) is 18.0 Å². The van der Waals surface area contributed by atoms with Crippen molar-refractivity contribution in [2.75, 3.05) is 26.8 Å². The number of carbonyl (C=O) groups is 2. The summed E-state index contributed by atoms with van der Waals surface area (Å²) in [5.41, 5.74) is 3.84. The van der Waals surface area contributed by atoms with E-state index < -0.39 is 40.9 Å². The van der Waals surface area contributed by atoms with Gasteiger partial charge >= 0.3 is 6.09 Å². The lowest BCUT2D eigenvalue weighted by atomic mass is 9.81. The zero-order valence-corrected chi connectivity index (χ0v) is 26.1. The largest absolute Gasteiger partial charge is 0.488 e.